The van der Waals surface area contributed by atoms with Crippen LogP contribution < -0.4 is 19.9 Å². The van der Waals surface area contributed by atoms with Crippen LogP contribution in [0.4, 0.5) is 18.3 Å². The van der Waals surface area contributed by atoms with Crippen molar-refractivity contribution in [1.82, 2.24) is 9.55 Å². The van der Waals surface area contributed by atoms with Gasteiger partial charge in [-0.2, -0.15) is 18.2 Å². The molecule has 0 saturated heterocycles. The van der Waals surface area contributed by atoms with Crippen molar-refractivity contribution in [2.45, 2.75) is 70.8 Å². The number of ether oxygens (including phenoxy) is 2. The highest BCUT2D eigenvalue weighted by Gasteiger charge is 2.30. The number of thiazole rings is 1. The smallest absolute Gasteiger partial charge is 0.430 e. The number of carboxylic acid groups (broad SMARTS) is 2. The van der Waals surface area contributed by atoms with Gasteiger partial charge in [-0.05, 0) is 49.9 Å². The Morgan fingerprint density at radius 3 is 2.31 bits per heavy atom. The van der Waals surface area contributed by atoms with Crippen LogP contribution in [0.2, 0.25) is 5.02 Å². The van der Waals surface area contributed by atoms with E-state index in [-0.39, 0.29) is 12.5 Å². The number of aliphatic carboxylic acids is 2. The number of nitrogens with one attached hydrogen (secondary N) is 1. The van der Waals surface area contributed by atoms with Crippen LogP contribution in [0.3, 0.4) is 0 Å². The highest BCUT2D eigenvalue weighted by atomic mass is 35.5. The molecule has 1 fully saturated rings. The summed E-state index contributed by atoms with van der Waals surface area (Å²) in [5.74, 6) is -1.79. The molecule has 1 aliphatic rings. The van der Waals surface area contributed by atoms with E-state index in [1.165, 1.54) is 32.1 Å². The molecular formula is C34H37ClF3N3O7S. The third kappa shape index (κ3) is 9.24. The van der Waals surface area contributed by atoms with E-state index in [2.05, 4.69) is 10.7 Å². The lowest BCUT2D eigenvalue weighted by molar-refractivity contribution is -0.344. The number of carbonyl (C=O) groups is 3. The number of anilines is 1. The zero-order valence-corrected chi connectivity index (χ0v) is 29.0. The summed E-state index contributed by atoms with van der Waals surface area (Å²) in [5, 5.41) is 25.5. The molecule has 1 amide bonds. The number of carboxylic acids is 2. The molecule has 2 aromatic heterocycles. The molecule has 5 rings (SSSR count). The van der Waals surface area contributed by atoms with Crippen molar-refractivity contribution in [3.8, 4) is 22.8 Å². The molecule has 0 bridgehead atoms. The Kier molecular flexibility index (Phi) is 12.2. The Balaban J connectivity index is 0.000000698. The van der Waals surface area contributed by atoms with Crippen molar-refractivity contribution in [3.63, 3.8) is 0 Å². The molecule has 1 saturated carbocycles. The van der Waals surface area contributed by atoms with Crippen LogP contribution in [0.5, 0.6) is 11.5 Å². The monoisotopic (exact) mass is 723 g/mol. The summed E-state index contributed by atoms with van der Waals surface area (Å²) >= 11 is 6.36. The summed E-state index contributed by atoms with van der Waals surface area (Å²) in [6, 6.07) is 9.25. The number of nitrogens with zero attached hydrogens (tertiary/aromatic N) is 2. The first kappa shape index (κ1) is 37.5. The molecule has 4 aromatic rings. The molecule has 2 heterocycles. The molecule has 0 spiro atoms. The average molecular weight is 724 g/mol. The predicted octanol–water partition coefficient (Wildman–Crippen LogP) is 7.35. The fourth-order valence-corrected chi connectivity index (χ4v) is 8.18. The van der Waals surface area contributed by atoms with E-state index in [0.717, 1.165) is 39.8 Å². The Morgan fingerprint density at radius 2 is 1.71 bits per heavy atom. The van der Waals surface area contributed by atoms with Gasteiger partial charge in [0.15, 0.2) is 5.38 Å². The van der Waals surface area contributed by atoms with Crippen molar-refractivity contribution >= 4 is 56.0 Å². The van der Waals surface area contributed by atoms with Gasteiger partial charge in [-0.25, -0.2) is 0 Å². The molecule has 10 nitrogen and oxygen atoms in total. The minimum atomic E-state index is -5.19. The summed E-state index contributed by atoms with van der Waals surface area (Å²) in [4.78, 5) is 39.4. The number of hydrogen-bond acceptors (Lipinski definition) is 7. The summed E-state index contributed by atoms with van der Waals surface area (Å²) in [6.45, 7) is 3.60. The molecule has 1 atom stereocenters. The molecule has 264 valence electrons. The van der Waals surface area contributed by atoms with Gasteiger partial charge in [-0.15, -0.1) is 0 Å². The van der Waals surface area contributed by atoms with Gasteiger partial charge >= 0.3 is 17.3 Å². The van der Waals surface area contributed by atoms with Gasteiger partial charge < -0.3 is 29.0 Å². The number of halogens is 4. The Morgan fingerprint density at radius 1 is 1.06 bits per heavy atom. The molecule has 0 radical (unpaired) electrons. The lowest BCUT2D eigenvalue weighted by Crippen LogP contribution is -2.37. The van der Waals surface area contributed by atoms with E-state index in [1.54, 1.807) is 37.0 Å². The molecule has 15 heteroatoms. The largest absolute Gasteiger partial charge is 0.542 e. The minimum Gasteiger partial charge on any atom is -0.542 e. The second-order valence-corrected chi connectivity index (χ2v) is 14.1. The van der Waals surface area contributed by atoms with Gasteiger partial charge in [0, 0.05) is 21.9 Å². The number of benzene rings is 2. The maximum atomic E-state index is 13.8. The zero-order valence-electron chi connectivity index (χ0n) is 27.4. The summed E-state index contributed by atoms with van der Waals surface area (Å²) < 4.78 is 44.2. The number of carbonyl (C=O) groups excluding carboxylic acids is 2. The predicted molar refractivity (Wildman–Crippen MR) is 180 cm³/mol. The Labute approximate surface area is 288 Å². The number of aryl methyl sites for hydroxylation is 3. The molecule has 0 aliphatic heterocycles. The van der Waals surface area contributed by atoms with Gasteiger partial charge in [0.05, 0.1) is 30.3 Å². The van der Waals surface area contributed by atoms with Crippen LogP contribution in [0.1, 0.15) is 60.1 Å². The zero-order chi connectivity index (χ0) is 36.0. The van der Waals surface area contributed by atoms with E-state index in [9.17, 15) is 27.9 Å². The first-order chi connectivity index (χ1) is 23.1. The van der Waals surface area contributed by atoms with Crippen molar-refractivity contribution < 1.29 is 47.2 Å². The second kappa shape index (κ2) is 15.9. The van der Waals surface area contributed by atoms with Gasteiger partial charge in [0.2, 0.25) is 0 Å². The molecular weight excluding hydrogens is 687 g/mol. The van der Waals surface area contributed by atoms with Crippen molar-refractivity contribution in [2.75, 3.05) is 19.5 Å². The van der Waals surface area contributed by atoms with E-state index in [1.807, 2.05) is 26.0 Å². The second-order valence-electron chi connectivity index (χ2n) is 11.8. The Bertz CT molecular complexity index is 1850. The normalized spacial score (nSPS) is 13.8. The average Bonchev–Trinajstić information content (AvgIpc) is 3.60. The van der Waals surface area contributed by atoms with E-state index < -0.39 is 28.6 Å². The lowest BCUT2D eigenvalue weighted by atomic mass is 9.88. The number of fused-ring (bicyclic) bond motifs is 1. The van der Waals surface area contributed by atoms with Crippen molar-refractivity contribution in [3.05, 3.63) is 57.6 Å². The third-order valence-electron chi connectivity index (χ3n) is 8.25. The quantitative estimate of drug-likeness (QED) is 0.162. The van der Waals surface area contributed by atoms with Gasteiger partial charge in [-0.3, -0.25) is 14.9 Å². The van der Waals surface area contributed by atoms with E-state index in [0.29, 0.717) is 39.0 Å². The van der Waals surface area contributed by atoms with Crippen LogP contribution >= 0.6 is 22.1 Å². The maximum Gasteiger partial charge on any atom is 0.430 e. The van der Waals surface area contributed by atoms with Gasteiger partial charge in [0.1, 0.15) is 41.2 Å². The highest BCUT2D eigenvalue weighted by molar-refractivity contribution is 7.32. The topological polar surface area (TPSA) is 143 Å². The lowest BCUT2D eigenvalue weighted by Gasteiger charge is -2.19. The van der Waals surface area contributed by atoms with Gasteiger partial charge in [-0.1, -0.05) is 55.3 Å². The number of amides is 1. The van der Waals surface area contributed by atoms with Crippen LogP contribution in [-0.4, -0.2) is 52.9 Å². The third-order valence-corrected chi connectivity index (χ3v) is 10.4. The van der Waals surface area contributed by atoms with E-state index in [4.69, 9.17) is 36.0 Å². The molecule has 1 aliphatic carbocycles. The summed E-state index contributed by atoms with van der Waals surface area (Å²) in [6.07, 6.45) is 2.18. The number of hydrogen-bond donors (Lipinski definition) is 2. The summed E-state index contributed by atoms with van der Waals surface area (Å²) in [7, 11) is 2.68. The number of rotatable bonds is 10. The van der Waals surface area contributed by atoms with Crippen molar-refractivity contribution in [1.29, 1.82) is 0 Å². The minimum absolute atomic E-state index is 0.291. The fraction of sp³-hybridized carbons (Fsp3) is 0.412. The van der Waals surface area contributed by atoms with Gasteiger partial charge in [0.25, 0.3) is 5.91 Å². The van der Waals surface area contributed by atoms with Crippen molar-refractivity contribution in [2.24, 2.45) is 5.92 Å². The summed E-state index contributed by atoms with van der Waals surface area (Å²) in [5.41, 5.74) is 4.41. The SMILES string of the molecule is COc1cc(-c2c[s+](CCC3CCCCC3)c(NC(=O)c3cc4cc(C)cc(C)c4n3CC(=O)O)n2)c(OC)cc1Cl.O=C([O-])C(F)(F)F. The Hall–Kier alpha value is -4.30. The number of methoxy groups -OCH3 is 2. The molecule has 2 N–H and O–H groups in total. The van der Waals surface area contributed by atoms with Crippen LogP contribution in [-0.2, 0) is 21.9 Å². The molecule has 49 heavy (non-hydrogen) atoms. The van der Waals surface area contributed by atoms with Crippen LogP contribution in [0.15, 0.2) is 35.7 Å². The van der Waals surface area contributed by atoms with Crippen LogP contribution in [0.25, 0.3) is 22.2 Å². The maximum absolute atomic E-state index is 13.8. The van der Waals surface area contributed by atoms with Crippen LogP contribution in [0, 0.1) is 19.8 Å². The number of aromatic nitrogens is 2. The highest BCUT2D eigenvalue weighted by Crippen LogP contribution is 2.44. The molecule has 1 unspecified atom stereocenters. The standard InChI is InChI=1S/C32H36ClN3O5S.C2HF3O2/c1-19-12-20(2)30-22(13-19)14-26(36(30)17-29(37)38)31(39)35-32-34-25(18-42(32)11-10-21-8-6-5-7-9-21)23-15-28(41-4)24(33)16-27(23)40-3;3-2(4,5)1(6)7/h12-16,18,21H,5-11,17H2,1-4H3,(H-,34,35,37,38,39);(H,6,7). The fourth-order valence-electron chi connectivity index (χ4n) is 6.05. The first-order valence-electron chi connectivity index (χ1n) is 15.5. The first-order valence-corrected chi connectivity index (χ1v) is 17.3. The van der Waals surface area contributed by atoms with E-state index >= 15 is 0 Å². The number of alkyl halides is 3. The molecule has 2 aromatic carbocycles.